The Morgan fingerprint density at radius 2 is 1.72 bits per heavy atom. The van der Waals surface area contributed by atoms with Gasteiger partial charge in [-0.1, -0.05) is 42.0 Å². The third kappa shape index (κ3) is 3.77. The molecular weight excluding hydrogens is 340 g/mol. The number of non-ortho nitro benzene ring substituents is 1. The van der Waals surface area contributed by atoms with Gasteiger partial charge in [0.15, 0.2) is 0 Å². The maximum atomic E-state index is 12.5. The van der Waals surface area contributed by atoms with Crippen molar-refractivity contribution >= 4 is 34.7 Å². The zero-order valence-electron chi connectivity index (χ0n) is 13.3. The number of imide groups is 1. The maximum Gasteiger partial charge on any atom is 0.293 e. The molecule has 2 amide bonds. The normalized spacial score (nSPS) is 15.9. The van der Waals surface area contributed by atoms with Crippen LogP contribution >= 0.6 is 11.8 Å². The molecule has 6 nitrogen and oxygen atoms in total. The molecular formula is C18H14N2O4S. The van der Waals surface area contributed by atoms with Crippen LogP contribution < -0.4 is 0 Å². The molecule has 0 aromatic heterocycles. The van der Waals surface area contributed by atoms with Gasteiger partial charge in [0.1, 0.15) is 0 Å². The number of nitro benzene ring substituents is 1. The summed E-state index contributed by atoms with van der Waals surface area (Å²) in [5, 5.41) is 10.3. The highest BCUT2D eigenvalue weighted by molar-refractivity contribution is 8.18. The van der Waals surface area contributed by atoms with E-state index in [1.54, 1.807) is 18.2 Å². The van der Waals surface area contributed by atoms with E-state index in [2.05, 4.69) is 0 Å². The molecule has 0 saturated carbocycles. The van der Waals surface area contributed by atoms with Crippen molar-refractivity contribution in [3.8, 4) is 0 Å². The summed E-state index contributed by atoms with van der Waals surface area (Å²) in [5.41, 5.74) is 2.59. The molecule has 25 heavy (non-hydrogen) atoms. The van der Waals surface area contributed by atoms with E-state index in [0.717, 1.165) is 27.8 Å². The van der Waals surface area contributed by atoms with Gasteiger partial charge in [0.05, 0.1) is 16.4 Å². The molecule has 0 spiro atoms. The van der Waals surface area contributed by atoms with Crippen molar-refractivity contribution in [1.82, 2.24) is 4.90 Å². The van der Waals surface area contributed by atoms with Crippen molar-refractivity contribution in [2.24, 2.45) is 0 Å². The van der Waals surface area contributed by atoms with E-state index in [9.17, 15) is 19.7 Å². The van der Waals surface area contributed by atoms with Crippen molar-refractivity contribution in [2.75, 3.05) is 0 Å². The number of amides is 2. The molecule has 1 aliphatic heterocycles. The highest BCUT2D eigenvalue weighted by Gasteiger charge is 2.34. The molecule has 3 rings (SSSR count). The Hall–Kier alpha value is -2.93. The molecule has 1 heterocycles. The Kier molecular flexibility index (Phi) is 4.67. The number of nitro groups is 1. The lowest BCUT2D eigenvalue weighted by Crippen LogP contribution is -2.27. The second-order valence-corrected chi connectivity index (χ2v) is 6.60. The van der Waals surface area contributed by atoms with Crippen LogP contribution in [0.15, 0.2) is 53.4 Å². The van der Waals surface area contributed by atoms with E-state index in [1.165, 1.54) is 12.1 Å². The maximum absolute atomic E-state index is 12.5. The lowest BCUT2D eigenvalue weighted by Gasteiger charge is -2.12. The topological polar surface area (TPSA) is 80.5 Å². The van der Waals surface area contributed by atoms with Crippen molar-refractivity contribution in [1.29, 1.82) is 0 Å². The Labute approximate surface area is 148 Å². The summed E-state index contributed by atoms with van der Waals surface area (Å²) >= 11 is 0.898. The highest BCUT2D eigenvalue weighted by Crippen LogP contribution is 2.33. The highest BCUT2D eigenvalue weighted by atomic mass is 32.2. The molecule has 0 atom stereocenters. The Morgan fingerprint density at radius 1 is 1.08 bits per heavy atom. The van der Waals surface area contributed by atoms with Crippen LogP contribution in [-0.4, -0.2) is 21.0 Å². The largest absolute Gasteiger partial charge is 0.293 e. The van der Waals surface area contributed by atoms with Crippen molar-refractivity contribution < 1.29 is 14.5 Å². The standard InChI is InChI=1S/C18H14N2O4S/c1-12-2-4-13(5-3-12)10-16-17(21)19(18(22)25-16)11-14-6-8-15(9-7-14)20(23)24/h2-10H,11H2,1H3/b16-10+. The monoisotopic (exact) mass is 354 g/mol. The molecule has 1 fully saturated rings. The number of hydrogen-bond donors (Lipinski definition) is 0. The molecule has 2 aromatic rings. The van der Waals surface area contributed by atoms with Crippen LogP contribution in [0, 0.1) is 17.0 Å². The first-order valence-corrected chi connectivity index (χ1v) is 8.31. The van der Waals surface area contributed by atoms with Crippen molar-refractivity contribution in [3.05, 3.63) is 80.2 Å². The number of carbonyl (C=O) groups excluding carboxylic acids is 2. The van der Waals surface area contributed by atoms with Gasteiger partial charge in [0.25, 0.3) is 16.8 Å². The molecule has 7 heteroatoms. The van der Waals surface area contributed by atoms with Crippen LogP contribution in [0.25, 0.3) is 6.08 Å². The summed E-state index contributed by atoms with van der Waals surface area (Å²) in [6.07, 6.45) is 1.69. The summed E-state index contributed by atoms with van der Waals surface area (Å²) in [6, 6.07) is 13.5. The van der Waals surface area contributed by atoms with Gasteiger partial charge >= 0.3 is 0 Å². The molecule has 0 N–H and O–H groups in total. The molecule has 2 aromatic carbocycles. The third-order valence-corrected chi connectivity index (χ3v) is 4.64. The summed E-state index contributed by atoms with van der Waals surface area (Å²) in [5.74, 6) is -0.353. The number of thioether (sulfide) groups is 1. The summed E-state index contributed by atoms with van der Waals surface area (Å²) in [6.45, 7) is 2.07. The van der Waals surface area contributed by atoms with Gasteiger partial charge in [-0.05, 0) is 35.9 Å². The minimum Gasteiger partial charge on any atom is -0.268 e. The summed E-state index contributed by atoms with van der Waals surface area (Å²) in [4.78, 5) is 36.3. The van der Waals surface area contributed by atoms with E-state index in [-0.39, 0.29) is 23.4 Å². The summed E-state index contributed by atoms with van der Waals surface area (Å²) in [7, 11) is 0. The van der Waals surface area contributed by atoms with Crippen LogP contribution in [0.4, 0.5) is 10.5 Å². The zero-order chi connectivity index (χ0) is 18.0. The van der Waals surface area contributed by atoms with Crippen LogP contribution in [-0.2, 0) is 11.3 Å². The third-order valence-electron chi connectivity index (χ3n) is 3.74. The predicted octanol–water partition coefficient (Wildman–Crippen LogP) is 4.14. The first-order chi connectivity index (χ1) is 11.9. The zero-order valence-corrected chi connectivity index (χ0v) is 14.2. The van der Waals surface area contributed by atoms with E-state index in [4.69, 9.17) is 0 Å². The Bertz CT molecular complexity index is 873. The number of rotatable bonds is 4. The molecule has 0 unspecified atom stereocenters. The minimum absolute atomic E-state index is 0.0304. The minimum atomic E-state index is -0.492. The average Bonchev–Trinajstić information content (AvgIpc) is 2.85. The second-order valence-electron chi connectivity index (χ2n) is 5.60. The smallest absolute Gasteiger partial charge is 0.268 e. The van der Waals surface area contributed by atoms with Gasteiger partial charge in [-0.15, -0.1) is 0 Å². The quantitative estimate of drug-likeness (QED) is 0.468. The van der Waals surface area contributed by atoms with Gasteiger partial charge in [-0.25, -0.2) is 0 Å². The van der Waals surface area contributed by atoms with E-state index in [1.807, 2.05) is 31.2 Å². The molecule has 126 valence electrons. The first-order valence-electron chi connectivity index (χ1n) is 7.49. The Balaban J connectivity index is 1.77. The van der Waals surface area contributed by atoms with Crippen LogP contribution in [0.1, 0.15) is 16.7 Å². The van der Waals surface area contributed by atoms with E-state index < -0.39 is 4.92 Å². The van der Waals surface area contributed by atoms with Gasteiger partial charge in [0.2, 0.25) is 0 Å². The molecule has 0 bridgehead atoms. The van der Waals surface area contributed by atoms with Crippen molar-refractivity contribution in [2.45, 2.75) is 13.5 Å². The molecule has 0 radical (unpaired) electrons. The van der Waals surface area contributed by atoms with Crippen molar-refractivity contribution in [3.63, 3.8) is 0 Å². The molecule has 1 aliphatic rings. The second kappa shape index (κ2) is 6.90. The average molecular weight is 354 g/mol. The number of carbonyl (C=O) groups is 2. The fraction of sp³-hybridized carbons (Fsp3) is 0.111. The number of hydrogen-bond acceptors (Lipinski definition) is 5. The Morgan fingerprint density at radius 3 is 2.32 bits per heavy atom. The lowest BCUT2D eigenvalue weighted by atomic mass is 10.1. The van der Waals surface area contributed by atoms with Gasteiger partial charge in [-0.3, -0.25) is 24.6 Å². The molecule has 1 saturated heterocycles. The van der Waals surface area contributed by atoms with Crippen LogP contribution in [0.5, 0.6) is 0 Å². The number of benzene rings is 2. The van der Waals surface area contributed by atoms with Crippen LogP contribution in [0.3, 0.4) is 0 Å². The number of aryl methyl sites for hydroxylation is 1. The fourth-order valence-electron chi connectivity index (χ4n) is 2.36. The van der Waals surface area contributed by atoms with E-state index >= 15 is 0 Å². The predicted molar refractivity (Wildman–Crippen MR) is 95.8 cm³/mol. The molecule has 0 aliphatic carbocycles. The lowest BCUT2D eigenvalue weighted by molar-refractivity contribution is -0.384. The van der Waals surface area contributed by atoms with Gasteiger partial charge < -0.3 is 0 Å². The van der Waals surface area contributed by atoms with Crippen LogP contribution in [0.2, 0.25) is 0 Å². The summed E-state index contributed by atoms with van der Waals surface area (Å²) < 4.78 is 0. The first kappa shape index (κ1) is 16.9. The number of nitrogens with zero attached hydrogens (tertiary/aromatic N) is 2. The fourth-order valence-corrected chi connectivity index (χ4v) is 3.19. The van der Waals surface area contributed by atoms with E-state index in [0.29, 0.717) is 10.5 Å². The SMILES string of the molecule is Cc1ccc(/C=C2/SC(=O)N(Cc3ccc([N+](=O)[O-])cc3)C2=O)cc1. The van der Waals surface area contributed by atoms with Gasteiger partial charge in [-0.2, -0.15) is 0 Å². The van der Waals surface area contributed by atoms with Gasteiger partial charge in [0, 0.05) is 12.1 Å².